The number of aliphatic carboxylic acids is 1. The van der Waals surface area contributed by atoms with Gasteiger partial charge < -0.3 is 10.4 Å². The van der Waals surface area contributed by atoms with Crippen LogP contribution in [0.15, 0.2) is 29.8 Å². The highest BCUT2D eigenvalue weighted by atomic mass is 32.1. The van der Waals surface area contributed by atoms with Crippen LogP contribution in [0.5, 0.6) is 0 Å². The molecule has 3 heterocycles. The molecule has 2 N–H and O–H groups in total. The number of amides is 1. The molecule has 142 valence electrons. The molecule has 8 heteroatoms. The fourth-order valence-corrected chi connectivity index (χ4v) is 3.55. The molecule has 0 unspecified atom stereocenters. The van der Waals surface area contributed by atoms with Gasteiger partial charge in [-0.1, -0.05) is 19.9 Å². The summed E-state index contributed by atoms with van der Waals surface area (Å²) in [6, 6.07) is 4.67. The number of hydrogen-bond acceptors (Lipinski definition) is 5. The van der Waals surface area contributed by atoms with Crippen LogP contribution in [0.4, 0.5) is 0 Å². The molecule has 0 aliphatic rings. The first-order valence-corrected chi connectivity index (χ1v) is 9.63. The lowest BCUT2D eigenvalue weighted by atomic mass is 10.0. The van der Waals surface area contributed by atoms with Crippen LogP contribution in [0.1, 0.15) is 44.1 Å². The predicted octanol–water partition coefficient (Wildman–Crippen LogP) is 3.58. The van der Waals surface area contributed by atoms with E-state index >= 15 is 0 Å². The molecule has 3 aromatic heterocycles. The summed E-state index contributed by atoms with van der Waals surface area (Å²) < 4.78 is 1.76. The number of carbonyl (C=O) groups is 2. The van der Waals surface area contributed by atoms with Gasteiger partial charge in [0.25, 0.3) is 5.91 Å². The highest BCUT2D eigenvalue weighted by Gasteiger charge is 2.26. The number of carboxylic acids is 1. The Hall–Kier alpha value is -2.74. The van der Waals surface area contributed by atoms with Crippen LogP contribution in [0.25, 0.3) is 21.6 Å². The molecule has 3 aromatic rings. The molecule has 0 saturated heterocycles. The van der Waals surface area contributed by atoms with Gasteiger partial charge in [0.15, 0.2) is 5.65 Å². The van der Waals surface area contributed by atoms with Crippen LogP contribution in [0.2, 0.25) is 0 Å². The number of hydrogen-bond donors (Lipinski definition) is 2. The SMILES string of the molecule is CC(C)[C@H](NC(=O)c1cc(-c2cccs2)nc2c1cnn2C(C)C)C(=O)O. The fraction of sp³-hybridized carbons (Fsp3) is 0.368. The Kier molecular flexibility index (Phi) is 5.27. The minimum Gasteiger partial charge on any atom is -0.480 e. The highest BCUT2D eigenvalue weighted by Crippen LogP contribution is 2.29. The van der Waals surface area contributed by atoms with Gasteiger partial charge in [0.2, 0.25) is 0 Å². The van der Waals surface area contributed by atoms with Gasteiger partial charge in [-0.05, 0) is 37.3 Å². The molecule has 1 atom stereocenters. The van der Waals surface area contributed by atoms with E-state index in [9.17, 15) is 14.7 Å². The van der Waals surface area contributed by atoms with Crippen molar-refractivity contribution in [3.05, 3.63) is 35.3 Å². The molecule has 0 saturated carbocycles. The maximum atomic E-state index is 12.9. The molecule has 3 rings (SSSR count). The summed E-state index contributed by atoms with van der Waals surface area (Å²) in [5.41, 5.74) is 1.65. The number of nitrogens with zero attached hydrogens (tertiary/aromatic N) is 3. The van der Waals surface area contributed by atoms with E-state index in [0.717, 1.165) is 4.88 Å². The summed E-state index contributed by atoms with van der Waals surface area (Å²) in [5.74, 6) is -1.73. The van der Waals surface area contributed by atoms with Crippen molar-refractivity contribution in [2.75, 3.05) is 0 Å². The second kappa shape index (κ2) is 7.48. The molecule has 27 heavy (non-hydrogen) atoms. The van der Waals surface area contributed by atoms with Crippen LogP contribution in [-0.4, -0.2) is 37.8 Å². The van der Waals surface area contributed by atoms with Gasteiger partial charge in [0.05, 0.1) is 27.7 Å². The van der Waals surface area contributed by atoms with E-state index < -0.39 is 17.9 Å². The van der Waals surface area contributed by atoms with E-state index in [1.54, 1.807) is 30.8 Å². The van der Waals surface area contributed by atoms with Crippen molar-refractivity contribution in [3.63, 3.8) is 0 Å². The first-order valence-electron chi connectivity index (χ1n) is 8.75. The van der Waals surface area contributed by atoms with Crippen molar-refractivity contribution < 1.29 is 14.7 Å². The minimum absolute atomic E-state index is 0.0759. The van der Waals surface area contributed by atoms with Gasteiger partial charge in [-0.25, -0.2) is 14.5 Å². The summed E-state index contributed by atoms with van der Waals surface area (Å²) in [4.78, 5) is 30.1. The Morgan fingerprint density at radius 2 is 2.00 bits per heavy atom. The van der Waals surface area contributed by atoms with Gasteiger partial charge in [0, 0.05) is 6.04 Å². The summed E-state index contributed by atoms with van der Waals surface area (Å²) in [5, 5.41) is 18.9. The molecule has 0 radical (unpaired) electrons. The lowest BCUT2D eigenvalue weighted by Gasteiger charge is -2.18. The van der Waals surface area contributed by atoms with Crippen molar-refractivity contribution in [1.29, 1.82) is 0 Å². The lowest BCUT2D eigenvalue weighted by molar-refractivity contribution is -0.140. The molecular weight excluding hydrogens is 364 g/mol. The summed E-state index contributed by atoms with van der Waals surface area (Å²) in [6.45, 7) is 7.50. The quantitative estimate of drug-likeness (QED) is 0.675. The second-order valence-corrected chi connectivity index (χ2v) is 7.93. The van der Waals surface area contributed by atoms with Crippen molar-refractivity contribution in [2.24, 2.45) is 5.92 Å². The van der Waals surface area contributed by atoms with Crippen molar-refractivity contribution in [3.8, 4) is 10.6 Å². The van der Waals surface area contributed by atoms with Gasteiger partial charge in [-0.3, -0.25) is 4.79 Å². The average molecular weight is 386 g/mol. The first-order chi connectivity index (χ1) is 12.8. The highest BCUT2D eigenvalue weighted by molar-refractivity contribution is 7.13. The molecule has 0 bridgehead atoms. The van der Waals surface area contributed by atoms with Gasteiger partial charge in [0.1, 0.15) is 6.04 Å². The summed E-state index contributed by atoms with van der Waals surface area (Å²) >= 11 is 1.53. The Morgan fingerprint density at radius 1 is 1.26 bits per heavy atom. The number of pyridine rings is 1. The van der Waals surface area contributed by atoms with E-state index in [-0.39, 0.29) is 12.0 Å². The van der Waals surface area contributed by atoms with Gasteiger partial charge in [-0.2, -0.15) is 5.10 Å². The molecule has 0 fully saturated rings. The number of thiophene rings is 1. The zero-order valence-electron chi connectivity index (χ0n) is 15.6. The number of carbonyl (C=O) groups excluding carboxylic acids is 1. The number of fused-ring (bicyclic) bond motifs is 1. The van der Waals surface area contributed by atoms with E-state index in [1.807, 2.05) is 31.4 Å². The third kappa shape index (κ3) is 3.71. The van der Waals surface area contributed by atoms with Crippen molar-refractivity contribution >= 4 is 34.2 Å². The molecule has 0 aromatic carbocycles. The molecule has 0 aliphatic carbocycles. The van der Waals surface area contributed by atoms with Crippen LogP contribution < -0.4 is 5.32 Å². The monoisotopic (exact) mass is 386 g/mol. The van der Waals surface area contributed by atoms with E-state index in [1.165, 1.54) is 11.3 Å². The van der Waals surface area contributed by atoms with Crippen molar-refractivity contribution in [2.45, 2.75) is 39.8 Å². The number of nitrogens with one attached hydrogen (secondary N) is 1. The Labute approximate surface area is 161 Å². The van der Waals surface area contributed by atoms with Gasteiger partial charge >= 0.3 is 5.97 Å². The van der Waals surface area contributed by atoms with Crippen LogP contribution >= 0.6 is 11.3 Å². The summed E-state index contributed by atoms with van der Waals surface area (Å²) in [7, 11) is 0. The largest absolute Gasteiger partial charge is 0.480 e. The predicted molar refractivity (Wildman–Crippen MR) is 105 cm³/mol. The Bertz CT molecular complexity index is 976. The van der Waals surface area contributed by atoms with Crippen LogP contribution in [-0.2, 0) is 4.79 Å². The molecule has 0 aliphatic heterocycles. The summed E-state index contributed by atoms with van der Waals surface area (Å²) in [6.07, 6.45) is 1.61. The van der Waals surface area contributed by atoms with E-state index in [4.69, 9.17) is 4.98 Å². The average Bonchev–Trinajstić information content (AvgIpc) is 3.26. The van der Waals surface area contributed by atoms with E-state index in [2.05, 4.69) is 10.4 Å². The Balaban J connectivity index is 2.13. The molecule has 7 nitrogen and oxygen atoms in total. The standard InChI is InChI=1S/C19H22N4O3S/c1-10(2)16(19(25)26)22-18(24)12-8-14(15-6-5-7-27-15)21-17-13(12)9-20-23(17)11(3)4/h5-11,16H,1-4H3,(H,22,24)(H,25,26)/t16-/m0/s1. The smallest absolute Gasteiger partial charge is 0.326 e. The fourth-order valence-electron chi connectivity index (χ4n) is 2.87. The Morgan fingerprint density at radius 3 is 2.56 bits per heavy atom. The number of carboxylic acid groups (broad SMARTS) is 1. The van der Waals surface area contributed by atoms with Crippen LogP contribution in [0, 0.1) is 5.92 Å². The molecule has 1 amide bonds. The molecule has 0 spiro atoms. The lowest BCUT2D eigenvalue weighted by Crippen LogP contribution is -2.44. The topological polar surface area (TPSA) is 97.1 Å². The number of aromatic nitrogens is 3. The minimum atomic E-state index is -1.06. The maximum absolute atomic E-state index is 12.9. The van der Waals surface area contributed by atoms with Crippen LogP contribution in [0.3, 0.4) is 0 Å². The van der Waals surface area contributed by atoms with Crippen molar-refractivity contribution in [1.82, 2.24) is 20.1 Å². The zero-order valence-corrected chi connectivity index (χ0v) is 16.4. The second-order valence-electron chi connectivity index (χ2n) is 6.99. The maximum Gasteiger partial charge on any atom is 0.326 e. The van der Waals surface area contributed by atoms with E-state index in [0.29, 0.717) is 22.3 Å². The van der Waals surface area contributed by atoms with Gasteiger partial charge in [-0.15, -0.1) is 11.3 Å². The number of rotatable bonds is 6. The normalized spacial score (nSPS) is 12.7. The molecular formula is C19H22N4O3S. The third-order valence-electron chi connectivity index (χ3n) is 4.29. The first kappa shape index (κ1) is 19.0. The zero-order chi connectivity index (χ0) is 19.7. The third-order valence-corrected chi connectivity index (χ3v) is 5.19.